The minimum absolute atomic E-state index is 0.137. The van der Waals surface area contributed by atoms with E-state index in [2.05, 4.69) is 27.9 Å². The normalized spacial score (nSPS) is 22.3. The summed E-state index contributed by atoms with van der Waals surface area (Å²) in [5.74, 6) is 0.671. The first kappa shape index (κ1) is 22.1. The predicted molar refractivity (Wildman–Crippen MR) is 110 cm³/mol. The fourth-order valence-electron chi connectivity index (χ4n) is 3.40. The first-order valence-corrected chi connectivity index (χ1v) is 9.68. The van der Waals surface area contributed by atoms with Crippen LogP contribution in [0, 0.1) is 0 Å². The van der Waals surface area contributed by atoms with Crippen LogP contribution in [0.15, 0.2) is 23.5 Å². The summed E-state index contributed by atoms with van der Waals surface area (Å²) in [7, 11) is 3.72. The Labute approximate surface area is 168 Å². The first-order valence-electron chi connectivity index (χ1n) is 9.68. The highest BCUT2D eigenvalue weighted by Gasteiger charge is 2.49. The van der Waals surface area contributed by atoms with Crippen molar-refractivity contribution in [2.75, 3.05) is 13.6 Å². The molecule has 1 saturated heterocycles. The van der Waals surface area contributed by atoms with Crippen molar-refractivity contribution in [3.05, 3.63) is 24.0 Å². The summed E-state index contributed by atoms with van der Waals surface area (Å²) >= 11 is 0. The Morgan fingerprint density at radius 1 is 1.36 bits per heavy atom. The number of guanidine groups is 1. The molecule has 2 N–H and O–H groups in total. The van der Waals surface area contributed by atoms with Crippen LogP contribution in [0.25, 0.3) is 0 Å². The van der Waals surface area contributed by atoms with E-state index in [1.165, 1.54) is 5.56 Å². The fraction of sp³-hybridized carbons (Fsp3) is 0.700. The van der Waals surface area contributed by atoms with Crippen molar-refractivity contribution >= 4 is 12.1 Å². The van der Waals surface area contributed by atoms with Gasteiger partial charge in [-0.25, -0.2) is 4.79 Å². The summed E-state index contributed by atoms with van der Waals surface area (Å²) in [5, 5.41) is 6.60. The SMILES string of the molecule is CN=C(NCc1ccn(C)c1)NCC1C(C)OC(C)(C)N1C(=O)OC(C)(C)C. The second-order valence-electron chi connectivity index (χ2n) is 8.68. The number of carbonyl (C=O) groups excluding carboxylic acids is 1. The average molecular weight is 394 g/mol. The summed E-state index contributed by atoms with van der Waals surface area (Å²) in [4.78, 5) is 18.8. The number of ether oxygens (including phenoxy) is 2. The molecular weight excluding hydrogens is 358 g/mol. The molecule has 28 heavy (non-hydrogen) atoms. The van der Waals surface area contributed by atoms with Crippen LogP contribution >= 0.6 is 0 Å². The minimum atomic E-state index is -0.741. The highest BCUT2D eigenvalue weighted by atomic mass is 16.6. The van der Waals surface area contributed by atoms with Crippen LogP contribution in [-0.2, 0) is 23.1 Å². The number of aliphatic imine (C=N–C) groups is 1. The van der Waals surface area contributed by atoms with Crippen molar-refractivity contribution in [2.45, 2.75) is 71.6 Å². The molecular formula is C20H35N5O3. The maximum Gasteiger partial charge on any atom is 0.412 e. The largest absolute Gasteiger partial charge is 0.444 e. The third-order valence-electron chi connectivity index (χ3n) is 4.57. The lowest BCUT2D eigenvalue weighted by Crippen LogP contribution is -2.54. The van der Waals surface area contributed by atoms with E-state index < -0.39 is 11.3 Å². The molecule has 1 amide bonds. The second kappa shape index (κ2) is 8.43. The van der Waals surface area contributed by atoms with Gasteiger partial charge in [-0.3, -0.25) is 9.89 Å². The molecule has 0 aliphatic carbocycles. The quantitative estimate of drug-likeness (QED) is 0.607. The number of carbonyl (C=O) groups is 1. The van der Waals surface area contributed by atoms with Crippen LogP contribution in [0.3, 0.4) is 0 Å². The van der Waals surface area contributed by atoms with E-state index in [1.54, 1.807) is 11.9 Å². The van der Waals surface area contributed by atoms with Crippen LogP contribution < -0.4 is 10.6 Å². The Balaban J connectivity index is 2.01. The van der Waals surface area contributed by atoms with E-state index in [0.717, 1.165) is 0 Å². The monoisotopic (exact) mass is 393 g/mol. The number of hydrogen-bond acceptors (Lipinski definition) is 4. The third kappa shape index (κ3) is 5.64. The molecule has 1 fully saturated rings. The number of aryl methyl sites for hydroxylation is 1. The van der Waals surface area contributed by atoms with E-state index in [-0.39, 0.29) is 18.2 Å². The summed E-state index contributed by atoms with van der Waals surface area (Å²) in [5.41, 5.74) is -0.140. The number of hydrogen-bond donors (Lipinski definition) is 2. The molecule has 8 heteroatoms. The van der Waals surface area contributed by atoms with Gasteiger partial charge in [0, 0.05) is 39.6 Å². The Hall–Kier alpha value is -2.22. The van der Waals surface area contributed by atoms with Crippen molar-refractivity contribution < 1.29 is 14.3 Å². The van der Waals surface area contributed by atoms with E-state index in [9.17, 15) is 4.79 Å². The van der Waals surface area contributed by atoms with E-state index in [0.29, 0.717) is 19.0 Å². The molecule has 8 nitrogen and oxygen atoms in total. The van der Waals surface area contributed by atoms with Gasteiger partial charge in [-0.05, 0) is 53.2 Å². The lowest BCUT2D eigenvalue weighted by molar-refractivity contribution is -0.0755. The first-order chi connectivity index (χ1) is 12.9. The molecule has 0 radical (unpaired) electrons. The molecule has 2 rings (SSSR count). The number of rotatable bonds is 4. The van der Waals surface area contributed by atoms with Crippen molar-refractivity contribution in [1.29, 1.82) is 0 Å². The summed E-state index contributed by atoms with van der Waals surface area (Å²) in [6, 6.07) is 1.88. The van der Waals surface area contributed by atoms with Crippen LogP contribution in [0.4, 0.5) is 4.79 Å². The van der Waals surface area contributed by atoms with Crippen molar-refractivity contribution in [1.82, 2.24) is 20.1 Å². The number of aromatic nitrogens is 1. The molecule has 0 aromatic carbocycles. The van der Waals surface area contributed by atoms with Crippen LogP contribution in [0.5, 0.6) is 0 Å². The fourth-order valence-corrected chi connectivity index (χ4v) is 3.40. The zero-order valence-electron chi connectivity index (χ0n) is 18.4. The lowest BCUT2D eigenvalue weighted by Gasteiger charge is -2.35. The molecule has 0 saturated carbocycles. The van der Waals surface area contributed by atoms with Crippen LogP contribution in [-0.4, -0.2) is 58.6 Å². The van der Waals surface area contributed by atoms with Gasteiger partial charge in [0.25, 0.3) is 0 Å². The van der Waals surface area contributed by atoms with Crippen molar-refractivity contribution in [2.24, 2.45) is 12.0 Å². The zero-order valence-corrected chi connectivity index (χ0v) is 18.4. The Kier molecular flexibility index (Phi) is 6.64. The van der Waals surface area contributed by atoms with Gasteiger partial charge in [-0.2, -0.15) is 0 Å². The van der Waals surface area contributed by atoms with Gasteiger partial charge in [0.2, 0.25) is 0 Å². The second-order valence-corrected chi connectivity index (χ2v) is 8.68. The van der Waals surface area contributed by atoms with E-state index >= 15 is 0 Å². The smallest absolute Gasteiger partial charge is 0.412 e. The highest BCUT2D eigenvalue weighted by molar-refractivity contribution is 5.79. The molecule has 1 aliphatic rings. The topological polar surface area (TPSA) is 80.1 Å². The summed E-state index contributed by atoms with van der Waals surface area (Å²) in [6.45, 7) is 12.5. The van der Waals surface area contributed by atoms with Gasteiger partial charge >= 0.3 is 6.09 Å². The van der Waals surface area contributed by atoms with Gasteiger partial charge in [-0.1, -0.05) is 0 Å². The van der Waals surface area contributed by atoms with Crippen LogP contribution in [0.1, 0.15) is 47.1 Å². The highest BCUT2D eigenvalue weighted by Crippen LogP contribution is 2.33. The molecule has 1 aromatic rings. The molecule has 0 bridgehead atoms. The van der Waals surface area contributed by atoms with Gasteiger partial charge < -0.3 is 24.7 Å². The lowest BCUT2D eigenvalue weighted by atomic mass is 10.1. The third-order valence-corrected chi connectivity index (χ3v) is 4.57. The number of nitrogens with zero attached hydrogens (tertiary/aromatic N) is 3. The van der Waals surface area contributed by atoms with Gasteiger partial charge in [-0.15, -0.1) is 0 Å². The zero-order chi connectivity index (χ0) is 21.1. The Morgan fingerprint density at radius 3 is 2.57 bits per heavy atom. The van der Waals surface area contributed by atoms with Crippen molar-refractivity contribution in [3.63, 3.8) is 0 Å². The molecule has 1 aliphatic heterocycles. The number of amides is 1. The van der Waals surface area contributed by atoms with E-state index in [4.69, 9.17) is 9.47 Å². The average Bonchev–Trinajstić information content (AvgIpc) is 3.05. The minimum Gasteiger partial charge on any atom is -0.444 e. The van der Waals surface area contributed by atoms with Gasteiger partial charge in [0.1, 0.15) is 11.3 Å². The maximum absolute atomic E-state index is 12.8. The van der Waals surface area contributed by atoms with Crippen molar-refractivity contribution in [3.8, 4) is 0 Å². The molecule has 1 aromatic heterocycles. The van der Waals surface area contributed by atoms with E-state index in [1.807, 2.05) is 59.4 Å². The summed E-state index contributed by atoms with van der Waals surface area (Å²) in [6.07, 6.45) is 3.55. The molecule has 2 unspecified atom stereocenters. The molecule has 2 atom stereocenters. The standard InChI is InChI=1S/C20H35N5O3/c1-14-16(25(20(5,6)27-14)18(26)28-19(2,3)4)12-23-17(21-7)22-11-15-9-10-24(8)13-15/h9-10,13-14,16H,11-12H2,1-8H3,(H2,21,22,23). The molecule has 2 heterocycles. The Morgan fingerprint density at radius 2 is 2.04 bits per heavy atom. The predicted octanol–water partition coefficient (Wildman–Crippen LogP) is 2.45. The summed E-state index contributed by atoms with van der Waals surface area (Å²) < 4.78 is 13.6. The van der Waals surface area contributed by atoms with Gasteiger partial charge in [0.05, 0.1) is 12.1 Å². The molecule has 158 valence electrons. The van der Waals surface area contributed by atoms with Gasteiger partial charge in [0.15, 0.2) is 5.96 Å². The molecule has 0 spiro atoms. The van der Waals surface area contributed by atoms with Crippen LogP contribution in [0.2, 0.25) is 0 Å². The number of nitrogens with one attached hydrogen (secondary N) is 2. The maximum atomic E-state index is 12.8. The Bertz CT molecular complexity index is 705.